The summed E-state index contributed by atoms with van der Waals surface area (Å²) in [6.45, 7) is 4.00. The Balaban J connectivity index is 2.08. The fourth-order valence-electron chi connectivity index (χ4n) is 1.74. The van der Waals surface area contributed by atoms with Gasteiger partial charge in [0.2, 0.25) is 0 Å². The molecule has 1 heterocycles. The fourth-order valence-corrected chi connectivity index (χ4v) is 2.09. The lowest BCUT2D eigenvalue weighted by Gasteiger charge is -2.14. The highest BCUT2D eigenvalue weighted by atomic mass is 79.9. The first-order valence-corrected chi connectivity index (χ1v) is 6.85. The second-order valence-corrected chi connectivity index (χ2v) is 5.26. The first kappa shape index (κ1) is 13.7. The Morgan fingerprint density at radius 1 is 1.21 bits per heavy atom. The van der Waals surface area contributed by atoms with E-state index in [1.54, 1.807) is 18.2 Å². The lowest BCUT2D eigenvalue weighted by atomic mass is 10.1. The van der Waals surface area contributed by atoms with E-state index in [1.807, 2.05) is 38.1 Å². The van der Waals surface area contributed by atoms with Gasteiger partial charge in [-0.25, -0.2) is 4.98 Å². The van der Waals surface area contributed by atoms with Crippen LogP contribution in [-0.2, 0) is 0 Å². The molecule has 2 rings (SSSR count). The second-order valence-electron chi connectivity index (χ2n) is 4.45. The van der Waals surface area contributed by atoms with Gasteiger partial charge in [0.05, 0.1) is 6.04 Å². The van der Waals surface area contributed by atoms with Gasteiger partial charge in [0.1, 0.15) is 10.3 Å². The summed E-state index contributed by atoms with van der Waals surface area (Å²) in [4.78, 5) is 16.2. The molecule has 0 fully saturated rings. The van der Waals surface area contributed by atoms with Crippen LogP contribution in [0.25, 0.3) is 0 Å². The van der Waals surface area contributed by atoms with E-state index >= 15 is 0 Å². The molecule has 1 N–H and O–H groups in total. The van der Waals surface area contributed by atoms with Crippen LogP contribution in [0.1, 0.15) is 34.6 Å². The third-order valence-corrected chi connectivity index (χ3v) is 3.31. The van der Waals surface area contributed by atoms with E-state index in [0.717, 1.165) is 5.56 Å². The molecular formula is C15H15BrN2O. The van der Waals surface area contributed by atoms with E-state index < -0.39 is 0 Å². The Morgan fingerprint density at radius 2 is 1.89 bits per heavy atom. The van der Waals surface area contributed by atoms with E-state index in [-0.39, 0.29) is 11.9 Å². The Kier molecular flexibility index (Phi) is 4.32. The zero-order chi connectivity index (χ0) is 13.8. The van der Waals surface area contributed by atoms with Gasteiger partial charge in [-0.05, 0) is 47.5 Å². The molecule has 2 aromatic rings. The molecule has 0 saturated heterocycles. The molecule has 0 aliphatic heterocycles. The van der Waals surface area contributed by atoms with Gasteiger partial charge >= 0.3 is 0 Å². The number of carbonyl (C=O) groups is 1. The third kappa shape index (κ3) is 3.64. The number of aryl methyl sites for hydroxylation is 1. The summed E-state index contributed by atoms with van der Waals surface area (Å²) in [6, 6.07) is 13.4. The summed E-state index contributed by atoms with van der Waals surface area (Å²) in [5.74, 6) is -0.172. The third-order valence-electron chi connectivity index (χ3n) is 2.87. The molecular weight excluding hydrogens is 304 g/mol. The fraction of sp³-hybridized carbons (Fsp3) is 0.200. The van der Waals surface area contributed by atoms with Gasteiger partial charge in [-0.1, -0.05) is 35.9 Å². The summed E-state index contributed by atoms with van der Waals surface area (Å²) in [6.07, 6.45) is 0. The number of halogens is 1. The minimum Gasteiger partial charge on any atom is -0.344 e. The van der Waals surface area contributed by atoms with E-state index in [1.165, 1.54) is 5.56 Å². The van der Waals surface area contributed by atoms with Crippen molar-refractivity contribution in [3.63, 3.8) is 0 Å². The Morgan fingerprint density at radius 3 is 2.53 bits per heavy atom. The molecule has 3 nitrogen and oxygen atoms in total. The van der Waals surface area contributed by atoms with E-state index in [2.05, 4.69) is 26.2 Å². The number of amides is 1. The van der Waals surface area contributed by atoms with Gasteiger partial charge in [0.25, 0.3) is 5.91 Å². The zero-order valence-corrected chi connectivity index (χ0v) is 12.4. The first-order chi connectivity index (χ1) is 9.06. The summed E-state index contributed by atoms with van der Waals surface area (Å²) in [5, 5.41) is 2.94. The van der Waals surface area contributed by atoms with E-state index in [0.29, 0.717) is 10.3 Å². The number of nitrogens with zero attached hydrogens (tertiary/aromatic N) is 1. The van der Waals surface area contributed by atoms with Crippen LogP contribution in [0.4, 0.5) is 0 Å². The van der Waals surface area contributed by atoms with Gasteiger partial charge in [-0.15, -0.1) is 0 Å². The topological polar surface area (TPSA) is 42.0 Å². The minimum absolute atomic E-state index is 0.0473. The van der Waals surface area contributed by atoms with Crippen LogP contribution < -0.4 is 5.32 Å². The maximum absolute atomic E-state index is 12.1. The lowest BCUT2D eigenvalue weighted by molar-refractivity contribution is 0.0934. The Labute approximate surface area is 121 Å². The maximum Gasteiger partial charge on any atom is 0.270 e. The predicted octanol–water partition coefficient (Wildman–Crippen LogP) is 3.64. The zero-order valence-electron chi connectivity index (χ0n) is 10.9. The van der Waals surface area contributed by atoms with Crippen molar-refractivity contribution in [3.05, 3.63) is 63.9 Å². The minimum atomic E-state index is -0.172. The summed E-state index contributed by atoms with van der Waals surface area (Å²) in [5.41, 5.74) is 2.69. The van der Waals surface area contributed by atoms with Crippen molar-refractivity contribution in [2.45, 2.75) is 19.9 Å². The highest BCUT2D eigenvalue weighted by Crippen LogP contribution is 2.14. The van der Waals surface area contributed by atoms with Gasteiger partial charge in [0.15, 0.2) is 0 Å². The van der Waals surface area contributed by atoms with Gasteiger partial charge in [-0.3, -0.25) is 4.79 Å². The Bertz CT molecular complexity index is 581. The van der Waals surface area contributed by atoms with Gasteiger partial charge in [0, 0.05) is 0 Å². The van der Waals surface area contributed by atoms with Crippen LogP contribution in [0.5, 0.6) is 0 Å². The van der Waals surface area contributed by atoms with Crippen molar-refractivity contribution in [3.8, 4) is 0 Å². The van der Waals surface area contributed by atoms with Crippen LogP contribution in [0.2, 0.25) is 0 Å². The van der Waals surface area contributed by atoms with Crippen LogP contribution in [-0.4, -0.2) is 10.9 Å². The second kappa shape index (κ2) is 5.97. The molecule has 1 unspecified atom stereocenters. The summed E-state index contributed by atoms with van der Waals surface area (Å²) < 4.78 is 0.656. The largest absolute Gasteiger partial charge is 0.344 e. The molecule has 0 spiro atoms. The molecule has 19 heavy (non-hydrogen) atoms. The van der Waals surface area contributed by atoms with Crippen LogP contribution in [0, 0.1) is 6.92 Å². The van der Waals surface area contributed by atoms with E-state index in [4.69, 9.17) is 0 Å². The van der Waals surface area contributed by atoms with Crippen LogP contribution >= 0.6 is 15.9 Å². The standard InChI is InChI=1S/C15H15BrN2O/c1-10-6-8-12(9-7-10)11(2)17-15(19)13-4-3-5-14(16)18-13/h3-9,11H,1-2H3,(H,17,19). The van der Waals surface area contributed by atoms with Crippen molar-refractivity contribution in [2.24, 2.45) is 0 Å². The van der Waals surface area contributed by atoms with Crippen molar-refractivity contribution in [1.82, 2.24) is 10.3 Å². The molecule has 1 atom stereocenters. The van der Waals surface area contributed by atoms with Gasteiger partial charge < -0.3 is 5.32 Å². The average molecular weight is 319 g/mol. The predicted molar refractivity (Wildman–Crippen MR) is 79.0 cm³/mol. The van der Waals surface area contributed by atoms with Crippen LogP contribution in [0.3, 0.4) is 0 Å². The van der Waals surface area contributed by atoms with Gasteiger partial charge in [-0.2, -0.15) is 0 Å². The lowest BCUT2D eigenvalue weighted by Crippen LogP contribution is -2.27. The van der Waals surface area contributed by atoms with Crippen molar-refractivity contribution in [1.29, 1.82) is 0 Å². The number of pyridine rings is 1. The molecule has 0 saturated carbocycles. The molecule has 0 radical (unpaired) electrons. The number of rotatable bonds is 3. The molecule has 98 valence electrons. The molecule has 4 heteroatoms. The smallest absolute Gasteiger partial charge is 0.270 e. The molecule has 0 aliphatic carbocycles. The molecule has 1 amide bonds. The van der Waals surface area contributed by atoms with Crippen molar-refractivity contribution >= 4 is 21.8 Å². The highest BCUT2D eigenvalue weighted by molar-refractivity contribution is 9.10. The number of aromatic nitrogens is 1. The molecule has 0 bridgehead atoms. The SMILES string of the molecule is Cc1ccc(C(C)NC(=O)c2cccc(Br)n2)cc1. The molecule has 0 aliphatic rings. The normalized spacial score (nSPS) is 11.9. The van der Waals surface area contributed by atoms with Crippen molar-refractivity contribution < 1.29 is 4.79 Å². The number of carbonyl (C=O) groups excluding carboxylic acids is 1. The summed E-state index contributed by atoms with van der Waals surface area (Å²) >= 11 is 3.26. The first-order valence-electron chi connectivity index (χ1n) is 6.06. The Hall–Kier alpha value is -1.68. The number of benzene rings is 1. The van der Waals surface area contributed by atoms with Crippen molar-refractivity contribution in [2.75, 3.05) is 0 Å². The number of hydrogen-bond donors (Lipinski definition) is 1. The average Bonchev–Trinajstić information content (AvgIpc) is 2.39. The number of nitrogens with one attached hydrogen (secondary N) is 1. The van der Waals surface area contributed by atoms with Crippen LogP contribution in [0.15, 0.2) is 47.1 Å². The quantitative estimate of drug-likeness (QED) is 0.878. The molecule has 1 aromatic carbocycles. The highest BCUT2D eigenvalue weighted by Gasteiger charge is 2.12. The molecule has 1 aromatic heterocycles. The maximum atomic E-state index is 12.1. The summed E-state index contributed by atoms with van der Waals surface area (Å²) in [7, 11) is 0. The monoisotopic (exact) mass is 318 g/mol. The number of hydrogen-bond acceptors (Lipinski definition) is 2. The van der Waals surface area contributed by atoms with E-state index in [9.17, 15) is 4.79 Å².